The second kappa shape index (κ2) is 12.5. The first-order valence-electron chi connectivity index (χ1n) is 11.4. The van der Waals surface area contributed by atoms with Gasteiger partial charge >= 0.3 is 15.4 Å². The molecule has 0 bridgehead atoms. The molecule has 0 aromatic heterocycles. The molecule has 0 spiro atoms. The minimum atomic E-state index is -4.16. The van der Waals surface area contributed by atoms with Crippen LogP contribution in [-0.4, -0.2) is 43.9 Å². The molecule has 1 amide bonds. The molecule has 0 fully saturated rings. The van der Waals surface area contributed by atoms with Gasteiger partial charge in [-0.05, 0) is 45.9 Å². The molecule has 2 aromatic rings. The Bertz CT molecular complexity index is 1230. The first-order valence-corrected chi connectivity index (χ1v) is 14.4. The van der Waals surface area contributed by atoms with E-state index in [1.165, 1.54) is 12.1 Å². The third-order valence-corrected chi connectivity index (χ3v) is 8.41. The van der Waals surface area contributed by atoms with Crippen molar-refractivity contribution >= 4 is 43.9 Å². The number of rotatable bonds is 12. The number of amides is 1. The number of benzene rings is 2. The average Bonchev–Trinajstić information content (AvgIpc) is 3.17. The van der Waals surface area contributed by atoms with Crippen molar-refractivity contribution in [1.82, 2.24) is 0 Å². The quantitative estimate of drug-likeness (QED) is 0.175. The van der Waals surface area contributed by atoms with Gasteiger partial charge in [-0.2, -0.15) is 0 Å². The number of phosphoric acid groups is 1. The van der Waals surface area contributed by atoms with Crippen LogP contribution in [0, 0.1) is 0 Å². The summed E-state index contributed by atoms with van der Waals surface area (Å²) in [5.74, 6) is -0.820. The molecule has 0 aliphatic carbocycles. The Hall–Kier alpha value is -2.65. The van der Waals surface area contributed by atoms with Gasteiger partial charge in [-0.25, -0.2) is 4.57 Å². The van der Waals surface area contributed by atoms with Gasteiger partial charge in [0.2, 0.25) is 0 Å². The highest BCUT2D eigenvalue weighted by atomic mass is 31.2. The number of nitrogens with one attached hydrogen (secondary N) is 1. The Labute approximate surface area is 210 Å². The lowest BCUT2D eigenvalue weighted by atomic mass is 10.1. The summed E-state index contributed by atoms with van der Waals surface area (Å²) in [6, 6.07) is 13.3. The van der Waals surface area contributed by atoms with E-state index in [-0.39, 0.29) is 48.9 Å². The number of fused-ring (bicyclic) bond motifs is 1. The topological polar surface area (TPSA) is 134 Å². The van der Waals surface area contributed by atoms with Crippen molar-refractivity contribution in [2.45, 2.75) is 27.7 Å². The normalized spacial score (nSPS) is 15.2. The molecule has 194 valence electrons. The lowest BCUT2D eigenvalue weighted by molar-refractivity contribution is -0.110. The molecule has 11 nitrogen and oxygen atoms in total. The number of nitrogens with zero attached hydrogens (tertiary/aromatic N) is 2. The van der Waals surface area contributed by atoms with E-state index in [0.29, 0.717) is 11.3 Å². The first-order chi connectivity index (χ1) is 17.3. The third-order valence-electron chi connectivity index (χ3n) is 4.69. The summed E-state index contributed by atoms with van der Waals surface area (Å²) in [5.41, 5.74) is 1.25. The van der Waals surface area contributed by atoms with Crippen LogP contribution < -0.4 is 10.6 Å². The number of phosphoric ester groups is 1. The van der Waals surface area contributed by atoms with Gasteiger partial charge in [-0.15, -0.1) is 10.2 Å². The first kappa shape index (κ1) is 27.9. The summed E-state index contributed by atoms with van der Waals surface area (Å²) in [7, 11) is -7.99. The number of para-hydroxylation sites is 1. The molecular weight excluding hydrogens is 508 g/mol. The van der Waals surface area contributed by atoms with Crippen molar-refractivity contribution in [2.24, 2.45) is 10.2 Å². The van der Waals surface area contributed by atoms with Crippen LogP contribution >= 0.6 is 15.4 Å². The van der Waals surface area contributed by atoms with Crippen LogP contribution in [0.2, 0.25) is 0 Å². The second-order valence-electron chi connectivity index (χ2n) is 7.08. The third kappa shape index (κ3) is 6.37. The van der Waals surface area contributed by atoms with Crippen LogP contribution in [0.4, 0.5) is 5.69 Å². The van der Waals surface area contributed by atoms with Gasteiger partial charge in [0.15, 0.2) is 5.71 Å². The highest BCUT2D eigenvalue weighted by Crippen LogP contribution is 2.52. The maximum absolute atomic E-state index is 13.6. The molecule has 0 saturated carbocycles. The molecular formula is C23H29N3O8P2. The highest BCUT2D eigenvalue weighted by Gasteiger charge is 2.36. The fraction of sp³-hybridized carbons (Fsp3) is 0.348. The number of hydrogen-bond donors (Lipinski definition) is 1. The minimum absolute atomic E-state index is 0.0182. The van der Waals surface area contributed by atoms with Crippen molar-refractivity contribution in [1.29, 1.82) is 0 Å². The van der Waals surface area contributed by atoms with Crippen molar-refractivity contribution in [3.63, 3.8) is 0 Å². The molecule has 1 aliphatic rings. The lowest BCUT2D eigenvalue weighted by Gasteiger charge is -2.22. The summed E-state index contributed by atoms with van der Waals surface area (Å²) in [4.78, 5) is 12.5. The van der Waals surface area contributed by atoms with Crippen molar-refractivity contribution < 1.29 is 36.5 Å². The molecule has 0 radical (unpaired) electrons. The largest absolute Gasteiger partial charge is 0.531 e. The Balaban J connectivity index is 2.20. The molecule has 0 saturated heterocycles. The van der Waals surface area contributed by atoms with E-state index in [4.69, 9.17) is 22.6 Å². The molecule has 1 N–H and O–H groups in total. The van der Waals surface area contributed by atoms with Gasteiger partial charge in [0.25, 0.3) is 11.8 Å². The predicted molar refractivity (Wildman–Crippen MR) is 137 cm³/mol. The zero-order valence-corrected chi connectivity index (χ0v) is 22.3. The number of carbonyl (C=O) groups is 1. The molecule has 2 aromatic carbocycles. The summed E-state index contributed by atoms with van der Waals surface area (Å²) >= 11 is 0. The van der Waals surface area contributed by atoms with Gasteiger partial charge in [-0.3, -0.25) is 18.4 Å². The van der Waals surface area contributed by atoms with Crippen molar-refractivity contribution in [3.05, 3.63) is 59.7 Å². The SMILES string of the molecule is CCOP(=O)(OCC)O/C(=N\N=C1/C(=O)Nc2ccccc21)c1ccccc1P(=O)(OCC)OCC. The van der Waals surface area contributed by atoms with Crippen LogP contribution in [0.3, 0.4) is 0 Å². The van der Waals surface area contributed by atoms with Gasteiger partial charge < -0.3 is 18.9 Å². The van der Waals surface area contributed by atoms with Gasteiger partial charge in [-0.1, -0.05) is 30.3 Å². The van der Waals surface area contributed by atoms with Crippen molar-refractivity contribution in [2.75, 3.05) is 31.7 Å². The smallest absolute Gasteiger partial charge is 0.383 e. The van der Waals surface area contributed by atoms with Crippen LogP contribution in [0.1, 0.15) is 38.8 Å². The van der Waals surface area contributed by atoms with Crippen molar-refractivity contribution in [3.8, 4) is 0 Å². The van der Waals surface area contributed by atoms with E-state index in [1.807, 2.05) is 0 Å². The molecule has 3 rings (SSSR count). The van der Waals surface area contributed by atoms with E-state index in [1.54, 1.807) is 64.1 Å². The van der Waals surface area contributed by atoms with Gasteiger partial charge in [0, 0.05) is 5.56 Å². The monoisotopic (exact) mass is 537 g/mol. The fourth-order valence-electron chi connectivity index (χ4n) is 3.34. The molecule has 1 aliphatic heterocycles. The Morgan fingerprint density at radius 3 is 2.06 bits per heavy atom. The number of anilines is 1. The van der Waals surface area contributed by atoms with Crippen LogP contribution in [0.15, 0.2) is 58.7 Å². The van der Waals surface area contributed by atoms with Gasteiger partial charge in [0.1, 0.15) is 0 Å². The number of hydrogen-bond acceptors (Lipinski definition) is 10. The van der Waals surface area contributed by atoms with E-state index in [2.05, 4.69) is 15.5 Å². The maximum Gasteiger partial charge on any atom is 0.531 e. The van der Waals surface area contributed by atoms with Crippen LogP contribution in [-0.2, 0) is 36.5 Å². The van der Waals surface area contributed by atoms with E-state index in [0.717, 1.165) is 0 Å². The lowest BCUT2D eigenvalue weighted by Crippen LogP contribution is -2.22. The summed E-state index contributed by atoms with van der Waals surface area (Å²) < 4.78 is 54.1. The minimum Gasteiger partial charge on any atom is -0.383 e. The predicted octanol–water partition coefficient (Wildman–Crippen LogP) is 4.88. The zero-order valence-electron chi connectivity index (χ0n) is 20.5. The Morgan fingerprint density at radius 1 is 0.833 bits per heavy atom. The van der Waals surface area contributed by atoms with Gasteiger partial charge in [0.05, 0.1) is 43.0 Å². The fourth-order valence-corrected chi connectivity index (χ4v) is 6.27. The molecule has 36 heavy (non-hydrogen) atoms. The summed E-state index contributed by atoms with van der Waals surface area (Å²) in [6.07, 6.45) is 0. The van der Waals surface area contributed by atoms with E-state index >= 15 is 0 Å². The highest BCUT2D eigenvalue weighted by molar-refractivity contribution is 7.62. The van der Waals surface area contributed by atoms with E-state index < -0.39 is 21.3 Å². The zero-order chi connectivity index (χ0) is 26.2. The average molecular weight is 537 g/mol. The Morgan fingerprint density at radius 2 is 1.42 bits per heavy atom. The molecule has 1 heterocycles. The molecule has 0 unspecified atom stereocenters. The summed E-state index contributed by atoms with van der Waals surface area (Å²) in [6.45, 7) is 6.86. The molecule has 13 heteroatoms. The van der Waals surface area contributed by atoms with Crippen LogP contribution in [0.5, 0.6) is 0 Å². The standard InChI is InChI=1S/C23H29N3O8P2/c1-5-30-35(28,31-6-2)20-16-12-10-14-18(20)23(34-36(29,32-7-3)33-8-4)26-25-21-17-13-9-11-15-19(17)24-22(21)27/h9-16H,5-8H2,1-4H3,(H,24,25,27)/b26-23-. The number of carbonyl (C=O) groups excluding carboxylic acids is 1. The second-order valence-corrected chi connectivity index (χ2v) is 10.7. The van der Waals surface area contributed by atoms with E-state index in [9.17, 15) is 13.9 Å². The Kier molecular flexibility index (Phi) is 9.73. The maximum atomic E-state index is 13.6. The summed E-state index contributed by atoms with van der Waals surface area (Å²) in [5, 5.41) is 11.0. The molecule has 0 atom stereocenters. The van der Waals surface area contributed by atoms with Crippen LogP contribution in [0.25, 0.3) is 0 Å².